The van der Waals surface area contributed by atoms with Gasteiger partial charge in [0, 0.05) is 5.56 Å². The van der Waals surface area contributed by atoms with Crippen LogP contribution in [0.25, 0.3) is 0 Å². The molecule has 8 nitrogen and oxygen atoms in total. The van der Waals surface area contributed by atoms with Gasteiger partial charge in [-0.15, -0.1) is 0 Å². The predicted octanol–water partition coefficient (Wildman–Crippen LogP) is 2.34. The number of benzene rings is 2. The van der Waals surface area contributed by atoms with Crippen LogP contribution in [0, 0.1) is 17.0 Å². The number of carbonyl (C=O) groups excluding carboxylic acids is 1. The lowest BCUT2D eigenvalue weighted by Gasteiger charge is -2.27. The summed E-state index contributed by atoms with van der Waals surface area (Å²) in [5.41, 5.74) is 0.197. The Hall–Kier alpha value is -2.60. The monoisotopic (exact) mass is 469 g/mol. The summed E-state index contributed by atoms with van der Waals surface area (Å²) in [5.74, 6) is -2.31. The fraction of sp³-hybridized carbons (Fsp3) is 0.381. The Morgan fingerprint density at radius 3 is 2.41 bits per heavy atom. The lowest BCUT2D eigenvalue weighted by molar-refractivity contribution is -0.140. The molecule has 2 unspecified atom stereocenters. The van der Waals surface area contributed by atoms with Gasteiger partial charge in [-0.25, -0.2) is 22.7 Å². The molecule has 1 saturated heterocycles. The molecule has 2 aliphatic rings. The third kappa shape index (κ3) is 4.46. The SMILES string of the molecule is O=C(NO)C1(CS(=O)(=O)c2ccc(OCc3cc(F)ccc3F)cc2)CC2OCOC2C1. The summed E-state index contributed by atoms with van der Waals surface area (Å²) in [7, 11) is -3.93. The summed E-state index contributed by atoms with van der Waals surface area (Å²) in [6, 6.07) is 8.40. The molecular weight excluding hydrogens is 448 g/mol. The van der Waals surface area contributed by atoms with Gasteiger partial charge in [-0.05, 0) is 55.3 Å². The molecule has 32 heavy (non-hydrogen) atoms. The highest BCUT2D eigenvalue weighted by Crippen LogP contribution is 2.45. The highest BCUT2D eigenvalue weighted by atomic mass is 32.2. The van der Waals surface area contributed by atoms with Crippen LogP contribution in [0.3, 0.4) is 0 Å². The first kappa shape index (κ1) is 22.6. The van der Waals surface area contributed by atoms with Crippen molar-refractivity contribution in [1.29, 1.82) is 0 Å². The van der Waals surface area contributed by atoms with Crippen LogP contribution in [0.1, 0.15) is 18.4 Å². The lowest BCUT2D eigenvalue weighted by Crippen LogP contribution is -2.43. The van der Waals surface area contributed by atoms with E-state index in [0.29, 0.717) is 0 Å². The van der Waals surface area contributed by atoms with Gasteiger partial charge in [-0.2, -0.15) is 0 Å². The van der Waals surface area contributed by atoms with E-state index < -0.39 is 50.8 Å². The first-order chi connectivity index (χ1) is 15.2. The van der Waals surface area contributed by atoms with Gasteiger partial charge in [0.2, 0.25) is 0 Å². The van der Waals surface area contributed by atoms with Crippen molar-refractivity contribution in [3.63, 3.8) is 0 Å². The van der Waals surface area contributed by atoms with Gasteiger partial charge in [0.15, 0.2) is 9.84 Å². The maximum atomic E-state index is 13.7. The Bertz CT molecular complexity index is 1100. The summed E-state index contributed by atoms with van der Waals surface area (Å²) in [6.07, 6.45) is -0.629. The summed E-state index contributed by atoms with van der Waals surface area (Å²) in [4.78, 5) is 12.3. The number of halogens is 2. The summed E-state index contributed by atoms with van der Waals surface area (Å²) < 4.78 is 69.2. The molecular formula is C21H21F2NO7S. The van der Waals surface area contributed by atoms with Crippen LogP contribution in [0.15, 0.2) is 47.4 Å². The van der Waals surface area contributed by atoms with E-state index in [-0.39, 0.29) is 42.4 Å². The van der Waals surface area contributed by atoms with E-state index in [4.69, 9.17) is 14.2 Å². The minimum absolute atomic E-state index is 0.0230. The largest absolute Gasteiger partial charge is 0.489 e. The number of carbonyl (C=O) groups is 1. The quantitative estimate of drug-likeness (QED) is 0.473. The van der Waals surface area contributed by atoms with Gasteiger partial charge in [-0.1, -0.05) is 0 Å². The van der Waals surface area contributed by atoms with Crippen LogP contribution < -0.4 is 10.2 Å². The van der Waals surface area contributed by atoms with Crippen LogP contribution in [-0.2, 0) is 30.7 Å². The third-order valence-electron chi connectivity index (χ3n) is 5.80. The molecule has 1 saturated carbocycles. The zero-order valence-corrected chi connectivity index (χ0v) is 17.6. The Kier molecular flexibility index (Phi) is 6.17. The lowest BCUT2D eigenvalue weighted by atomic mass is 9.87. The van der Waals surface area contributed by atoms with Crippen molar-refractivity contribution >= 4 is 15.7 Å². The smallest absolute Gasteiger partial charge is 0.250 e. The number of ether oxygens (including phenoxy) is 3. The van der Waals surface area contributed by atoms with E-state index in [0.717, 1.165) is 18.2 Å². The summed E-state index contributed by atoms with van der Waals surface area (Å²) in [5, 5.41) is 9.17. The standard InChI is InChI=1S/C21H21F2NO7S/c22-14-1-6-17(23)13(7-14)10-29-15-2-4-16(5-3-15)32(27,28)11-21(20(25)24-26)8-18-19(9-21)31-12-30-18/h1-7,18-19,26H,8-12H2,(H,24,25). The number of sulfone groups is 1. The zero-order chi connectivity index (χ0) is 22.9. The average molecular weight is 469 g/mol. The van der Waals surface area contributed by atoms with E-state index >= 15 is 0 Å². The first-order valence-corrected chi connectivity index (χ1v) is 11.4. The van der Waals surface area contributed by atoms with Crippen molar-refractivity contribution in [1.82, 2.24) is 5.48 Å². The van der Waals surface area contributed by atoms with E-state index in [1.165, 1.54) is 24.3 Å². The molecule has 11 heteroatoms. The van der Waals surface area contributed by atoms with Crippen LogP contribution in [0.4, 0.5) is 8.78 Å². The molecule has 2 fully saturated rings. The van der Waals surface area contributed by atoms with Gasteiger partial charge < -0.3 is 14.2 Å². The number of rotatable bonds is 7. The van der Waals surface area contributed by atoms with Gasteiger partial charge in [0.05, 0.1) is 28.3 Å². The minimum Gasteiger partial charge on any atom is -0.489 e. The van der Waals surface area contributed by atoms with Crippen LogP contribution in [0.5, 0.6) is 5.75 Å². The topological polar surface area (TPSA) is 111 Å². The van der Waals surface area contributed by atoms with E-state index in [1.807, 2.05) is 0 Å². The predicted molar refractivity (Wildman–Crippen MR) is 105 cm³/mol. The number of fused-ring (bicyclic) bond motifs is 1. The Morgan fingerprint density at radius 2 is 1.78 bits per heavy atom. The molecule has 4 rings (SSSR count). The molecule has 2 aromatic rings. The normalized spacial score (nSPS) is 24.8. The first-order valence-electron chi connectivity index (χ1n) is 9.80. The van der Waals surface area contributed by atoms with Crippen LogP contribution in [-0.4, -0.2) is 44.3 Å². The number of nitrogens with one attached hydrogen (secondary N) is 1. The van der Waals surface area contributed by atoms with Gasteiger partial charge >= 0.3 is 0 Å². The Labute approximate surface area is 183 Å². The molecule has 0 radical (unpaired) electrons. The highest BCUT2D eigenvalue weighted by molar-refractivity contribution is 7.91. The van der Waals surface area contributed by atoms with Crippen LogP contribution >= 0.6 is 0 Å². The number of hydrogen-bond donors (Lipinski definition) is 2. The molecule has 2 atom stereocenters. The average Bonchev–Trinajstić information content (AvgIpc) is 3.33. The minimum atomic E-state index is -3.93. The maximum absolute atomic E-state index is 13.7. The maximum Gasteiger partial charge on any atom is 0.250 e. The number of hydrogen-bond acceptors (Lipinski definition) is 7. The second-order valence-corrected chi connectivity index (χ2v) is 9.90. The summed E-state index contributed by atoms with van der Waals surface area (Å²) in [6.45, 7) is -0.155. The van der Waals surface area contributed by atoms with Crippen LogP contribution in [0.2, 0.25) is 0 Å². The van der Waals surface area contributed by atoms with E-state index in [9.17, 15) is 27.2 Å². The fourth-order valence-corrected chi connectivity index (χ4v) is 5.97. The van der Waals surface area contributed by atoms with Crippen molar-refractivity contribution < 1.29 is 41.4 Å². The molecule has 1 heterocycles. The fourth-order valence-electron chi connectivity index (χ4n) is 4.16. The molecule has 0 aromatic heterocycles. The van der Waals surface area contributed by atoms with E-state index in [1.54, 1.807) is 5.48 Å². The molecule has 1 aliphatic heterocycles. The second-order valence-electron chi connectivity index (χ2n) is 7.91. The van der Waals surface area contributed by atoms with Gasteiger partial charge in [-0.3, -0.25) is 10.0 Å². The second kappa shape index (κ2) is 8.74. The van der Waals surface area contributed by atoms with Crippen molar-refractivity contribution in [3.05, 3.63) is 59.7 Å². The number of hydroxylamine groups is 1. The summed E-state index contributed by atoms with van der Waals surface area (Å²) >= 11 is 0. The molecule has 2 aromatic carbocycles. The Morgan fingerprint density at radius 1 is 1.12 bits per heavy atom. The molecule has 172 valence electrons. The molecule has 1 amide bonds. The van der Waals surface area contributed by atoms with Crippen molar-refractivity contribution in [2.24, 2.45) is 5.41 Å². The van der Waals surface area contributed by atoms with Gasteiger partial charge in [0.1, 0.15) is 30.8 Å². The Balaban J connectivity index is 1.47. The van der Waals surface area contributed by atoms with Crippen molar-refractivity contribution in [2.75, 3.05) is 12.5 Å². The third-order valence-corrected chi connectivity index (χ3v) is 7.72. The molecule has 0 spiro atoms. The number of amides is 1. The van der Waals surface area contributed by atoms with E-state index in [2.05, 4.69) is 0 Å². The van der Waals surface area contributed by atoms with Crippen molar-refractivity contribution in [2.45, 2.75) is 36.6 Å². The molecule has 1 aliphatic carbocycles. The van der Waals surface area contributed by atoms with Gasteiger partial charge in [0.25, 0.3) is 5.91 Å². The molecule has 2 N–H and O–H groups in total. The zero-order valence-electron chi connectivity index (χ0n) is 16.8. The highest BCUT2D eigenvalue weighted by Gasteiger charge is 2.55. The van der Waals surface area contributed by atoms with Crippen molar-refractivity contribution in [3.8, 4) is 5.75 Å². The molecule has 0 bridgehead atoms.